The summed E-state index contributed by atoms with van der Waals surface area (Å²) in [6.45, 7) is 17.4. The van der Waals surface area contributed by atoms with Crippen LogP contribution in [0.15, 0.2) is 0 Å². The minimum absolute atomic E-state index is 0.0219. The summed E-state index contributed by atoms with van der Waals surface area (Å²) in [6.07, 6.45) is 7.86. The zero-order chi connectivity index (χ0) is 22.3. The molecule has 1 fully saturated rings. The third kappa shape index (κ3) is 6.15. The van der Waals surface area contributed by atoms with Crippen LogP contribution in [0.4, 0.5) is 0 Å². The van der Waals surface area contributed by atoms with Crippen LogP contribution in [0.2, 0.25) is 23.1 Å². The molecule has 1 atom stereocenters. The van der Waals surface area contributed by atoms with E-state index in [2.05, 4.69) is 55.4 Å². The van der Waals surface area contributed by atoms with Gasteiger partial charge in [0.05, 0.1) is 0 Å². The van der Waals surface area contributed by atoms with Gasteiger partial charge in [0.25, 0.3) is 0 Å². The van der Waals surface area contributed by atoms with Crippen LogP contribution in [-0.4, -0.2) is 49.8 Å². The Morgan fingerprint density at radius 1 is 0.897 bits per heavy atom. The molecule has 0 spiro atoms. The maximum absolute atomic E-state index is 13.4. The number of ether oxygens (including phenoxy) is 1. The molecule has 0 bridgehead atoms. The fourth-order valence-corrected chi connectivity index (χ4v) is 23.8. The van der Waals surface area contributed by atoms with Gasteiger partial charge in [-0.25, -0.2) is 0 Å². The van der Waals surface area contributed by atoms with Crippen molar-refractivity contribution in [1.82, 2.24) is 0 Å². The van der Waals surface area contributed by atoms with E-state index < -0.39 is 21.8 Å². The van der Waals surface area contributed by atoms with Crippen LogP contribution in [-0.2, 0) is 18.8 Å². The molecule has 0 aromatic heterocycles. The molecule has 1 saturated heterocycles. The quantitative estimate of drug-likeness (QED) is 0.198. The molecule has 1 unspecified atom stereocenters. The molecule has 0 aromatic rings. The van der Waals surface area contributed by atoms with Gasteiger partial charge in [0.15, 0.2) is 0 Å². The minimum atomic E-state index is -2.96. The molecule has 170 valence electrons. The van der Waals surface area contributed by atoms with Crippen molar-refractivity contribution in [2.45, 2.75) is 128 Å². The van der Waals surface area contributed by atoms with Crippen LogP contribution in [0.3, 0.4) is 0 Å². The summed E-state index contributed by atoms with van der Waals surface area (Å²) in [4.78, 5) is 13.4. The summed E-state index contributed by atoms with van der Waals surface area (Å²) in [5.74, 6) is -0.0219. The summed E-state index contributed by atoms with van der Waals surface area (Å²) in [6, 6.07) is 0. The van der Waals surface area contributed by atoms with Gasteiger partial charge in [-0.2, -0.15) is 0 Å². The van der Waals surface area contributed by atoms with Gasteiger partial charge >= 0.3 is 186 Å². The molecule has 0 aliphatic carbocycles. The first-order chi connectivity index (χ1) is 13.4. The molecule has 0 amide bonds. The summed E-state index contributed by atoms with van der Waals surface area (Å²) >= 11 is -2.96. The number of rotatable bonds is 13. The molecule has 0 N–H and O–H groups in total. The Morgan fingerprint density at radius 3 is 1.59 bits per heavy atom. The molecule has 1 aliphatic rings. The standard InChI is InChI=1S/C11H20BO4.3C4H9.Sn/c1-8(9(13)14-6)7-12-15-10(2,3)11(4,5)16-12;3*1-3-4-2;/h7H2,1-6H3;3*1,3-4H2,2H3;. The second-order valence-electron chi connectivity index (χ2n) is 10.3. The van der Waals surface area contributed by atoms with Gasteiger partial charge < -0.3 is 0 Å². The van der Waals surface area contributed by atoms with Crippen LogP contribution >= 0.6 is 0 Å². The van der Waals surface area contributed by atoms with Gasteiger partial charge in [-0.05, 0) is 0 Å². The molecular formula is C23H47BO4Sn. The Hall–Kier alpha value is 0.254. The van der Waals surface area contributed by atoms with Crippen molar-refractivity contribution >= 4 is 31.5 Å². The zero-order valence-electron chi connectivity index (χ0n) is 20.8. The van der Waals surface area contributed by atoms with Crippen LogP contribution in [0.25, 0.3) is 0 Å². The Labute approximate surface area is 185 Å². The van der Waals surface area contributed by atoms with Crippen molar-refractivity contribution < 1.29 is 18.8 Å². The second kappa shape index (κ2) is 11.2. The Bertz CT molecular complexity index is 485. The van der Waals surface area contributed by atoms with Gasteiger partial charge in [-0.15, -0.1) is 0 Å². The topological polar surface area (TPSA) is 44.8 Å². The van der Waals surface area contributed by atoms with E-state index in [0.717, 1.165) is 0 Å². The normalized spacial score (nSPS) is 20.5. The van der Waals surface area contributed by atoms with Crippen molar-refractivity contribution in [3.8, 4) is 0 Å². The van der Waals surface area contributed by atoms with Crippen molar-refractivity contribution in [1.29, 1.82) is 0 Å². The van der Waals surface area contributed by atoms with E-state index >= 15 is 0 Å². The van der Waals surface area contributed by atoms with Crippen molar-refractivity contribution in [3.05, 3.63) is 0 Å². The third-order valence-corrected chi connectivity index (χ3v) is 26.8. The predicted octanol–water partition coefficient (Wildman–Crippen LogP) is 6.86. The van der Waals surface area contributed by atoms with Crippen LogP contribution in [0, 0.1) is 0 Å². The van der Waals surface area contributed by atoms with E-state index in [1.165, 1.54) is 51.8 Å². The van der Waals surface area contributed by atoms with E-state index in [1.807, 2.05) is 0 Å². The van der Waals surface area contributed by atoms with E-state index in [0.29, 0.717) is 6.32 Å². The number of carbonyl (C=O) groups excluding carboxylic acids is 1. The fourth-order valence-electron chi connectivity index (χ4n) is 4.87. The van der Waals surface area contributed by atoms with Crippen molar-refractivity contribution in [3.63, 3.8) is 0 Å². The molecule has 0 aromatic carbocycles. The average Bonchev–Trinajstić information content (AvgIpc) is 2.86. The zero-order valence-corrected chi connectivity index (χ0v) is 23.6. The summed E-state index contributed by atoms with van der Waals surface area (Å²) in [7, 11) is 1.21. The number of unbranched alkanes of at least 4 members (excludes halogenated alkanes) is 3. The SMILES string of the molecule is CCC[CH2][Sn]([CH2]CCC)([CH2]CCC)[C](C)(CB1OC(C)(C)C(C)(C)O1)C(=O)OC. The summed E-state index contributed by atoms with van der Waals surface area (Å²) in [5.41, 5.74) is -0.744. The number of hydrogen-bond donors (Lipinski definition) is 0. The van der Waals surface area contributed by atoms with E-state index in [4.69, 9.17) is 14.0 Å². The van der Waals surface area contributed by atoms with Gasteiger partial charge in [0.2, 0.25) is 0 Å². The van der Waals surface area contributed by atoms with Crippen LogP contribution in [0.5, 0.6) is 0 Å². The van der Waals surface area contributed by atoms with Crippen LogP contribution in [0.1, 0.15) is 93.9 Å². The number of hydrogen-bond acceptors (Lipinski definition) is 4. The molecule has 29 heavy (non-hydrogen) atoms. The maximum atomic E-state index is 13.4. The third-order valence-electron chi connectivity index (χ3n) is 7.71. The Kier molecular flexibility index (Phi) is 10.6. The Morgan fingerprint density at radius 2 is 1.28 bits per heavy atom. The number of esters is 1. The number of methoxy groups -OCH3 is 1. The molecule has 1 aliphatic heterocycles. The van der Waals surface area contributed by atoms with Crippen molar-refractivity contribution in [2.24, 2.45) is 0 Å². The van der Waals surface area contributed by atoms with E-state index in [-0.39, 0.29) is 24.3 Å². The van der Waals surface area contributed by atoms with Gasteiger partial charge in [0.1, 0.15) is 0 Å². The molecule has 6 heteroatoms. The average molecular weight is 517 g/mol. The fraction of sp³-hybridized carbons (Fsp3) is 0.957. The summed E-state index contributed by atoms with van der Waals surface area (Å²) < 4.78 is 21.6. The predicted molar refractivity (Wildman–Crippen MR) is 126 cm³/mol. The molecule has 1 heterocycles. The van der Waals surface area contributed by atoms with Gasteiger partial charge in [0, 0.05) is 0 Å². The Balaban J connectivity index is 3.36. The molecule has 0 radical (unpaired) electrons. The monoisotopic (exact) mass is 518 g/mol. The summed E-state index contributed by atoms with van der Waals surface area (Å²) in [5, 5.41) is 0. The van der Waals surface area contributed by atoms with Crippen LogP contribution < -0.4 is 0 Å². The van der Waals surface area contributed by atoms with Gasteiger partial charge in [-0.3, -0.25) is 0 Å². The van der Waals surface area contributed by atoms with E-state index in [9.17, 15) is 4.79 Å². The molecule has 0 saturated carbocycles. The van der Waals surface area contributed by atoms with E-state index in [1.54, 1.807) is 7.11 Å². The second-order valence-corrected chi connectivity index (χ2v) is 25.0. The first-order valence-corrected chi connectivity index (χ1v) is 19.4. The van der Waals surface area contributed by atoms with Gasteiger partial charge in [-0.1, -0.05) is 0 Å². The molecular weight excluding hydrogens is 470 g/mol. The molecule has 1 rings (SSSR count). The first kappa shape index (κ1) is 27.3. The van der Waals surface area contributed by atoms with Crippen molar-refractivity contribution in [2.75, 3.05) is 7.11 Å². The first-order valence-electron chi connectivity index (χ1n) is 11.9. The number of carbonyl (C=O) groups is 1. The molecule has 4 nitrogen and oxygen atoms in total.